The maximum Gasteiger partial charge on any atom is 0.127 e. The molecule has 0 amide bonds. The Morgan fingerprint density at radius 1 is 1.25 bits per heavy atom. The Bertz CT molecular complexity index is 315. The molecule has 0 aliphatic rings. The Morgan fingerprint density at radius 3 is 2.81 bits per heavy atom. The highest BCUT2D eigenvalue weighted by Crippen LogP contribution is 2.09. The second kappa shape index (κ2) is 7.36. The molecule has 0 aliphatic heterocycles. The number of benzene rings is 1. The molecule has 0 heterocycles. The van der Waals surface area contributed by atoms with Crippen LogP contribution in [-0.4, -0.2) is 18.3 Å². The fourth-order valence-electron chi connectivity index (χ4n) is 1.60. The summed E-state index contributed by atoms with van der Waals surface area (Å²) in [4.78, 5) is 0. The third-order valence-corrected chi connectivity index (χ3v) is 2.53. The highest BCUT2D eigenvalue weighted by atomic mass is 19.1. The van der Waals surface area contributed by atoms with Gasteiger partial charge >= 0.3 is 0 Å². The molecular weight excluding hydrogens is 205 g/mol. The van der Waals surface area contributed by atoms with Crippen molar-refractivity contribution in [2.75, 3.05) is 13.2 Å². The number of aliphatic hydroxyl groups is 1. The fourth-order valence-corrected chi connectivity index (χ4v) is 1.60. The van der Waals surface area contributed by atoms with Crippen LogP contribution in [0.1, 0.15) is 30.4 Å². The first kappa shape index (κ1) is 13.1. The second-order valence-corrected chi connectivity index (χ2v) is 4.06. The third kappa shape index (κ3) is 4.73. The summed E-state index contributed by atoms with van der Waals surface area (Å²) in [7, 11) is 0. The lowest BCUT2D eigenvalue weighted by Gasteiger charge is -2.06. The number of aliphatic hydroxyl groups excluding tert-OH is 1. The number of rotatable bonds is 7. The van der Waals surface area contributed by atoms with E-state index in [9.17, 15) is 4.39 Å². The minimum absolute atomic E-state index is 0.145. The predicted octanol–water partition coefficient (Wildman–Crippen LogP) is 2.39. The van der Waals surface area contributed by atoms with Crippen molar-refractivity contribution < 1.29 is 9.50 Å². The maximum absolute atomic E-state index is 13.3. The van der Waals surface area contributed by atoms with Crippen LogP contribution in [0, 0.1) is 12.7 Å². The van der Waals surface area contributed by atoms with Gasteiger partial charge in [-0.25, -0.2) is 4.39 Å². The van der Waals surface area contributed by atoms with Crippen LogP contribution < -0.4 is 5.32 Å². The molecule has 0 unspecified atom stereocenters. The zero-order chi connectivity index (χ0) is 11.8. The van der Waals surface area contributed by atoms with Crippen molar-refractivity contribution in [3.8, 4) is 0 Å². The van der Waals surface area contributed by atoms with Crippen molar-refractivity contribution in [1.82, 2.24) is 5.32 Å². The fraction of sp³-hybridized carbons (Fsp3) is 0.538. The highest BCUT2D eigenvalue weighted by Gasteiger charge is 2.01. The van der Waals surface area contributed by atoms with Gasteiger partial charge in [0.2, 0.25) is 0 Å². The Hall–Kier alpha value is -0.930. The molecule has 0 aromatic heterocycles. The molecule has 2 N–H and O–H groups in total. The van der Waals surface area contributed by atoms with E-state index in [1.165, 1.54) is 6.07 Å². The number of nitrogens with one attached hydrogen (secondary N) is 1. The summed E-state index contributed by atoms with van der Waals surface area (Å²) in [6.45, 7) is 3.66. The molecule has 0 radical (unpaired) electrons. The Kier molecular flexibility index (Phi) is 6.04. The zero-order valence-electron chi connectivity index (χ0n) is 9.80. The quantitative estimate of drug-likeness (QED) is 0.698. The summed E-state index contributed by atoms with van der Waals surface area (Å²) in [6.07, 6.45) is 2.88. The van der Waals surface area contributed by atoms with Gasteiger partial charge in [-0.3, -0.25) is 0 Å². The first-order valence-electron chi connectivity index (χ1n) is 5.80. The molecule has 0 saturated heterocycles. The van der Waals surface area contributed by atoms with Gasteiger partial charge in [0.1, 0.15) is 5.82 Å². The molecule has 0 atom stereocenters. The van der Waals surface area contributed by atoms with Gasteiger partial charge in [0.25, 0.3) is 0 Å². The largest absolute Gasteiger partial charge is 0.396 e. The number of unbranched alkanes of at least 4 members (excludes halogenated alkanes) is 2. The van der Waals surface area contributed by atoms with E-state index >= 15 is 0 Å². The average Bonchev–Trinajstić information content (AvgIpc) is 2.28. The molecule has 0 saturated carbocycles. The van der Waals surface area contributed by atoms with Gasteiger partial charge in [-0.1, -0.05) is 17.7 Å². The van der Waals surface area contributed by atoms with Crippen molar-refractivity contribution >= 4 is 0 Å². The Morgan fingerprint density at radius 2 is 2.06 bits per heavy atom. The van der Waals surface area contributed by atoms with Crippen LogP contribution in [0.4, 0.5) is 4.39 Å². The van der Waals surface area contributed by atoms with E-state index < -0.39 is 0 Å². The van der Waals surface area contributed by atoms with Gasteiger partial charge in [-0.2, -0.15) is 0 Å². The number of hydrogen-bond acceptors (Lipinski definition) is 2. The zero-order valence-corrected chi connectivity index (χ0v) is 9.80. The molecule has 1 aromatic rings. The van der Waals surface area contributed by atoms with Gasteiger partial charge in [-0.15, -0.1) is 0 Å². The van der Waals surface area contributed by atoms with Crippen molar-refractivity contribution in [1.29, 1.82) is 0 Å². The standard InChI is InChI=1S/C13H20FNO/c1-11-5-6-13(14)12(9-11)10-15-7-3-2-4-8-16/h5-6,9,15-16H,2-4,7-8,10H2,1H3. The predicted molar refractivity (Wildman–Crippen MR) is 63.8 cm³/mol. The normalized spacial score (nSPS) is 10.7. The van der Waals surface area contributed by atoms with Gasteiger partial charge < -0.3 is 10.4 Å². The van der Waals surface area contributed by atoms with E-state index in [1.807, 2.05) is 13.0 Å². The molecule has 1 aromatic carbocycles. The Labute approximate surface area is 96.5 Å². The van der Waals surface area contributed by atoms with Crippen molar-refractivity contribution in [3.05, 3.63) is 35.1 Å². The summed E-state index contributed by atoms with van der Waals surface area (Å²) >= 11 is 0. The highest BCUT2D eigenvalue weighted by molar-refractivity contribution is 5.23. The van der Waals surface area contributed by atoms with Crippen molar-refractivity contribution in [3.63, 3.8) is 0 Å². The molecule has 0 fully saturated rings. The molecule has 90 valence electrons. The lowest BCUT2D eigenvalue weighted by Crippen LogP contribution is -2.15. The van der Waals surface area contributed by atoms with E-state index in [0.29, 0.717) is 6.54 Å². The maximum atomic E-state index is 13.3. The van der Waals surface area contributed by atoms with Crippen LogP contribution in [0.5, 0.6) is 0 Å². The van der Waals surface area contributed by atoms with E-state index in [1.54, 1.807) is 6.07 Å². The van der Waals surface area contributed by atoms with Crippen molar-refractivity contribution in [2.24, 2.45) is 0 Å². The lowest BCUT2D eigenvalue weighted by atomic mass is 10.1. The summed E-state index contributed by atoms with van der Waals surface area (Å²) in [6, 6.07) is 5.16. The Balaban J connectivity index is 2.23. The monoisotopic (exact) mass is 225 g/mol. The third-order valence-electron chi connectivity index (χ3n) is 2.53. The van der Waals surface area contributed by atoms with E-state index in [0.717, 1.165) is 36.9 Å². The van der Waals surface area contributed by atoms with Crippen LogP contribution in [0.25, 0.3) is 0 Å². The number of aryl methyl sites for hydroxylation is 1. The molecule has 1 rings (SSSR count). The van der Waals surface area contributed by atoms with E-state index in [4.69, 9.17) is 5.11 Å². The SMILES string of the molecule is Cc1ccc(F)c(CNCCCCCO)c1. The van der Waals surface area contributed by atoms with Crippen LogP contribution in [0.2, 0.25) is 0 Å². The van der Waals surface area contributed by atoms with Gasteiger partial charge in [0.15, 0.2) is 0 Å². The van der Waals surface area contributed by atoms with Crippen LogP contribution in [-0.2, 0) is 6.54 Å². The summed E-state index contributed by atoms with van der Waals surface area (Å²) in [5.41, 5.74) is 1.81. The topological polar surface area (TPSA) is 32.3 Å². The lowest BCUT2D eigenvalue weighted by molar-refractivity contribution is 0.283. The van der Waals surface area contributed by atoms with Gasteiger partial charge in [0, 0.05) is 18.7 Å². The second-order valence-electron chi connectivity index (χ2n) is 4.06. The van der Waals surface area contributed by atoms with E-state index in [-0.39, 0.29) is 12.4 Å². The van der Waals surface area contributed by atoms with Crippen molar-refractivity contribution in [2.45, 2.75) is 32.7 Å². The van der Waals surface area contributed by atoms with Crippen LogP contribution in [0.15, 0.2) is 18.2 Å². The molecule has 16 heavy (non-hydrogen) atoms. The van der Waals surface area contributed by atoms with Gasteiger partial charge in [-0.05, 0) is 38.8 Å². The van der Waals surface area contributed by atoms with Crippen LogP contribution >= 0.6 is 0 Å². The molecule has 0 spiro atoms. The number of halogens is 1. The minimum atomic E-state index is -0.145. The molecular formula is C13H20FNO. The average molecular weight is 225 g/mol. The van der Waals surface area contributed by atoms with Crippen LogP contribution in [0.3, 0.4) is 0 Å². The summed E-state index contributed by atoms with van der Waals surface area (Å²) in [5, 5.41) is 11.8. The summed E-state index contributed by atoms with van der Waals surface area (Å²) in [5.74, 6) is -0.145. The minimum Gasteiger partial charge on any atom is -0.396 e. The first-order chi connectivity index (χ1) is 7.74. The molecule has 2 nitrogen and oxygen atoms in total. The number of hydrogen-bond donors (Lipinski definition) is 2. The van der Waals surface area contributed by atoms with Gasteiger partial charge in [0.05, 0.1) is 0 Å². The molecule has 3 heteroatoms. The summed E-state index contributed by atoms with van der Waals surface area (Å²) < 4.78 is 13.3. The molecule has 0 bridgehead atoms. The smallest absolute Gasteiger partial charge is 0.127 e. The first-order valence-corrected chi connectivity index (χ1v) is 5.80. The van der Waals surface area contributed by atoms with E-state index in [2.05, 4.69) is 5.32 Å². The molecule has 0 aliphatic carbocycles.